The van der Waals surface area contributed by atoms with Crippen molar-refractivity contribution in [1.29, 1.82) is 0 Å². The molecule has 0 N–H and O–H groups in total. The lowest BCUT2D eigenvalue weighted by Gasteiger charge is -2.33. The number of cyclic esters (lactones) is 2. The van der Waals surface area contributed by atoms with Crippen LogP contribution in [-0.2, 0) is 32.3 Å². The summed E-state index contributed by atoms with van der Waals surface area (Å²) in [6, 6.07) is 0.545. The van der Waals surface area contributed by atoms with Crippen LogP contribution in [0.1, 0.15) is 47.5 Å². The van der Waals surface area contributed by atoms with Crippen molar-refractivity contribution in [2.75, 3.05) is 19.8 Å². The van der Waals surface area contributed by atoms with E-state index in [0.29, 0.717) is 38.7 Å². The fourth-order valence-electron chi connectivity index (χ4n) is 2.50. The summed E-state index contributed by atoms with van der Waals surface area (Å²) in [5.74, 6) is -3.16. The van der Waals surface area contributed by atoms with E-state index in [-0.39, 0.29) is 0 Å². The second kappa shape index (κ2) is 8.77. The first-order valence-corrected chi connectivity index (χ1v) is 10.1. The average Bonchev–Trinajstić information content (AvgIpc) is 2.41. The number of carbonyl (C=O) groups excluding carboxylic acids is 2. The quantitative estimate of drug-likeness (QED) is 0.340. The highest BCUT2D eigenvalue weighted by molar-refractivity contribution is 6.60. The molecule has 1 rings (SSSR count). The largest absolute Gasteiger partial charge is 0.500 e. The molecule has 0 spiro atoms. The van der Waals surface area contributed by atoms with Crippen LogP contribution >= 0.6 is 0 Å². The van der Waals surface area contributed by atoms with Gasteiger partial charge in [0.15, 0.2) is 5.92 Å². The van der Waals surface area contributed by atoms with E-state index in [1.165, 1.54) is 13.8 Å². The highest BCUT2D eigenvalue weighted by Crippen LogP contribution is 2.28. The van der Waals surface area contributed by atoms with E-state index < -0.39 is 32.4 Å². The Labute approximate surface area is 138 Å². The summed E-state index contributed by atoms with van der Waals surface area (Å²) in [7, 11) is -2.76. The molecular formula is C15H28O7Si. The molecule has 1 aliphatic rings. The standard InChI is InChI=1S/C15H28O7Si/c1-6-18-23(19-7-2,20-8-3)11-9-10-12-13(16)21-15(4,5)22-14(12)17/h12H,6-11H2,1-5H3. The summed E-state index contributed by atoms with van der Waals surface area (Å²) in [5, 5.41) is 0. The molecule has 0 aliphatic carbocycles. The lowest BCUT2D eigenvalue weighted by Crippen LogP contribution is -2.47. The predicted octanol–water partition coefficient (Wildman–Crippen LogP) is 2.27. The van der Waals surface area contributed by atoms with Crippen LogP contribution < -0.4 is 0 Å². The first-order chi connectivity index (χ1) is 10.8. The van der Waals surface area contributed by atoms with Gasteiger partial charge in [-0.25, -0.2) is 0 Å². The molecule has 8 heteroatoms. The van der Waals surface area contributed by atoms with Crippen LogP contribution in [0.5, 0.6) is 0 Å². The van der Waals surface area contributed by atoms with E-state index in [1.807, 2.05) is 20.8 Å². The molecule has 134 valence electrons. The Balaban J connectivity index is 2.61. The van der Waals surface area contributed by atoms with Crippen LogP contribution in [0.4, 0.5) is 0 Å². The summed E-state index contributed by atoms with van der Waals surface area (Å²) >= 11 is 0. The SMILES string of the molecule is CCO[Si](CCCC1C(=O)OC(C)(C)OC1=O)(OCC)OCC. The van der Waals surface area contributed by atoms with Gasteiger partial charge in [0.25, 0.3) is 5.79 Å². The second-order valence-corrected chi connectivity index (χ2v) is 8.40. The molecule has 0 unspecified atom stereocenters. The van der Waals surface area contributed by atoms with Crippen molar-refractivity contribution in [2.24, 2.45) is 5.92 Å². The Hall–Kier alpha value is -0.963. The zero-order chi connectivity index (χ0) is 17.5. The van der Waals surface area contributed by atoms with Gasteiger partial charge in [-0.3, -0.25) is 9.59 Å². The fourth-order valence-corrected chi connectivity index (χ4v) is 5.14. The summed E-state index contributed by atoms with van der Waals surface area (Å²) in [6.07, 6.45) is 0.886. The van der Waals surface area contributed by atoms with Gasteiger partial charge in [-0.05, 0) is 33.6 Å². The molecule has 0 aromatic rings. The molecule has 23 heavy (non-hydrogen) atoms. The molecule has 1 saturated heterocycles. The van der Waals surface area contributed by atoms with Crippen LogP contribution in [0, 0.1) is 5.92 Å². The van der Waals surface area contributed by atoms with Gasteiger partial charge in [0.05, 0.1) is 0 Å². The molecule has 0 atom stereocenters. The second-order valence-electron chi connectivity index (χ2n) is 5.67. The Morgan fingerprint density at radius 3 is 1.78 bits per heavy atom. The first-order valence-electron chi connectivity index (χ1n) is 8.16. The minimum absolute atomic E-state index is 0.329. The van der Waals surface area contributed by atoms with Crippen molar-refractivity contribution >= 4 is 20.7 Å². The molecule has 0 bridgehead atoms. The van der Waals surface area contributed by atoms with Gasteiger partial charge in [0.2, 0.25) is 0 Å². The molecule has 7 nitrogen and oxygen atoms in total. The Kier molecular flexibility index (Phi) is 7.66. The van der Waals surface area contributed by atoms with Crippen LogP contribution in [0.15, 0.2) is 0 Å². The maximum atomic E-state index is 11.9. The lowest BCUT2D eigenvalue weighted by molar-refractivity contribution is -0.240. The topological polar surface area (TPSA) is 80.3 Å². The number of hydrogen-bond donors (Lipinski definition) is 0. The number of hydrogen-bond acceptors (Lipinski definition) is 7. The van der Waals surface area contributed by atoms with Crippen molar-refractivity contribution in [3.63, 3.8) is 0 Å². The number of ether oxygens (including phenoxy) is 2. The highest BCUT2D eigenvalue weighted by atomic mass is 28.4. The number of rotatable bonds is 10. The predicted molar refractivity (Wildman–Crippen MR) is 84.4 cm³/mol. The molecule has 0 amide bonds. The minimum Gasteiger partial charge on any atom is -0.422 e. The Morgan fingerprint density at radius 1 is 0.957 bits per heavy atom. The van der Waals surface area contributed by atoms with Crippen LogP contribution in [0.3, 0.4) is 0 Å². The molecule has 1 fully saturated rings. The van der Waals surface area contributed by atoms with Gasteiger partial charge in [-0.15, -0.1) is 0 Å². The Morgan fingerprint density at radius 2 is 1.39 bits per heavy atom. The van der Waals surface area contributed by atoms with E-state index in [2.05, 4.69) is 0 Å². The van der Waals surface area contributed by atoms with Crippen molar-refractivity contribution in [1.82, 2.24) is 0 Å². The van der Waals surface area contributed by atoms with Crippen molar-refractivity contribution in [3.8, 4) is 0 Å². The summed E-state index contributed by atoms with van der Waals surface area (Å²) in [6.45, 7) is 10.2. The van der Waals surface area contributed by atoms with Crippen LogP contribution in [0.2, 0.25) is 6.04 Å². The van der Waals surface area contributed by atoms with Crippen molar-refractivity contribution in [3.05, 3.63) is 0 Å². The molecule has 0 saturated carbocycles. The van der Waals surface area contributed by atoms with Gasteiger partial charge in [-0.2, -0.15) is 0 Å². The van der Waals surface area contributed by atoms with Gasteiger partial charge in [0, 0.05) is 39.7 Å². The van der Waals surface area contributed by atoms with Crippen LogP contribution in [0.25, 0.3) is 0 Å². The minimum atomic E-state index is -2.76. The van der Waals surface area contributed by atoms with Gasteiger partial charge in [-0.1, -0.05) is 0 Å². The summed E-state index contributed by atoms with van der Waals surface area (Å²) < 4.78 is 27.5. The van der Waals surface area contributed by atoms with Gasteiger partial charge >= 0.3 is 20.7 Å². The normalized spacial score (nSPS) is 18.7. The smallest absolute Gasteiger partial charge is 0.422 e. The Bertz CT molecular complexity index is 374. The summed E-state index contributed by atoms with van der Waals surface area (Å²) in [5.41, 5.74) is 0. The zero-order valence-corrected chi connectivity index (χ0v) is 15.7. The van der Waals surface area contributed by atoms with Crippen molar-refractivity contribution < 1.29 is 32.3 Å². The zero-order valence-electron chi connectivity index (χ0n) is 14.7. The third-order valence-corrected chi connectivity index (χ3v) is 6.48. The molecule has 1 heterocycles. The first kappa shape index (κ1) is 20.1. The molecular weight excluding hydrogens is 320 g/mol. The third kappa shape index (κ3) is 5.87. The highest BCUT2D eigenvalue weighted by Gasteiger charge is 2.44. The molecule has 0 radical (unpaired) electrons. The number of carbonyl (C=O) groups is 2. The van der Waals surface area contributed by atoms with E-state index in [4.69, 9.17) is 22.8 Å². The molecule has 0 aromatic heterocycles. The monoisotopic (exact) mass is 348 g/mol. The van der Waals surface area contributed by atoms with Crippen molar-refractivity contribution in [2.45, 2.75) is 59.3 Å². The van der Waals surface area contributed by atoms with Gasteiger partial charge < -0.3 is 22.8 Å². The maximum Gasteiger partial charge on any atom is 0.500 e. The van der Waals surface area contributed by atoms with E-state index in [1.54, 1.807) is 0 Å². The molecule has 0 aromatic carbocycles. The van der Waals surface area contributed by atoms with E-state index in [0.717, 1.165) is 0 Å². The third-order valence-electron chi connectivity index (χ3n) is 3.33. The van der Waals surface area contributed by atoms with E-state index >= 15 is 0 Å². The fraction of sp³-hybridized carbons (Fsp3) is 0.867. The average molecular weight is 348 g/mol. The van der Waals surface area contributed by atoms with E-state index in [9.17, 15) is 9.59 Å². The number of esters is 2. The maximum absolute atomic E-state index is 11.9. The van der Waals surface area contributed by atoms with Gasteiger partial charge in [0.1, 0.15) is 0 Å². The summed E-state index contributed by atoms with van der Waals surface area (Å²) in [4.78, 5) is 23.9. The van der Waals surface area contributed by atoms with Crippen LogP contribution in [-0.4, -0.2) is 46.4 Å². The lowest BCUT2D eigenvalue weighted by atomic mass is 10.0. The molecule has 1 aliphatic heterocycles.